The van der Waals surface area contributed by atoms with Gasteiger partial charge in [-0.05, 0) is 62.2 Å². The first-order valence-electron chi connectivity index (χ1n) is 8.68. The van der Waals surface area contributed by atoms with E-state index in [1.54, 1.807) is 0 Å². The highest BCUT2D eigenvalue weighted by Crippen LogP contribution is 2.35. The third-order valence-corrected chi connectivity index (χ3v) is 5.20. The molecule has 1 heterocycles. The number of hydrogen-bond acceptors (Lipinski definition) is 2. The van der Waals surface area contributed by atoms with Crippen molar-refractivity contribution in [1.82, 2.24) is 10.2 Å². The number of nitrogens with one attached hydrogen (secondary N) is 1. The Morgan fingerprint density at radius 1 is 1.14 bits per heavy atom. The maximum absolute atomic E-state index is 3.75. The molecule has 2 atom stereocenters. The molecule has 3 rings (SSSR count). The van der Waals surface area contributed by atoms with Gasteiger partial charge in [-0.15, -0.1) is 0 Å². The van der Waals surface area contributed by atoms with Gasteiger partial charge in [0.05, 0.1) is 0 Å². The minimum atomic E-state index is 0.589. The molecule has 116 valence electrons. The molecule has 0 radical (unpaired) electrons. The molecule has 2 aliphatic rings. The molecule has 2 unspecified atom stereocenters. The Kier molecular flexibility index (Phi) is 4.66. The number of nitrogens with zero attached hydrogens (tertiary/aromatic N) is 1. The van der Waals surface area contributed by atoms with E-state index in [-0.39, 0.29) is 0 Å². The van der Waals surface area contributed by atoms with Gasteiger partial charge in [-0.3, -0.25) is 4.90 Å². The van der Waals surface area contributed by atoms with Crippen LogP contribution < -0.4 is 5.32 Å². The van der Waals surface area contributed by atoms with E-state index in [9.17, 15) is 0 Å². The molecule has 0 amide bonds. The normalized spacial score (nSPS) is 27.2. The predicted octanol–water partition coefficient (Wildman–Crippen LogP) is 3.94. The first-order valence-corrected chi connectivity index (χ1v) is 8.68. The summed E-state index contributed by atoms with van der Waals surface area (Å²) >= 11 is 0. The summed E-state index contributed by atoms with van der Waals surface area (Å²) in [5.74, 6) is 1.38. The zero-order valence-corrected chi connectivity index (χ0v) is 13.8. The molecule has 2 nitrogen and oxygen atoms in total. The molecule has 0 aromatic heterocycles. The van der Waals surface area contributed by atoms with Gasteiger partial charge in [0, 0.05) is 18.6 Å². The van der Waals surface area contributed by atoms with E-state index in [0.29, 0.717) is 12.0 Å². The van der Waals surface area contributed by atoms with Crippen molar-refractivity contribution in [2.24, 2.45) is 5.92 Å². The quantitative estimate of drug-likeness (QED) is 0.882. The summed E-state index contributed by atoms with van der Waals surface area (Å²) in [6.07, 6.45) is 5.47. The fourth-order valence-corrected chi connectivity index (χ4v) is 3.68. The molecular weight excluding hydrogens is 256 g/mol. The van der Waals surface area contributed by atoms with Crippen molar-refractivity contribution in [3.8, 4) is 0 Å². The summed E-state index contributed by atoms with van der Waals surface area (Å²) < 4.78 is 0. The largest absolute Gasteiger partial charge is 0.314 e. The van der Waals surface area contributed by atoms with Crippen molar-refractivity contribution in [2.75, 3.05) is 20.1 Å². The fourth-order valence-electron chi connectivity index (χ4n) is 3.68. The molecule has 1 aliphatic heterocycles. The summed E-state index contributed by atoms with van der Waals surface area (Å²) in [4.78, 5) is 2.56. The Hall–Kier alpha value is -0.860. The van der Waals surface area contributed by atoms with E-state index >= 15 is 0 Å². The van der Waals surface area contributed by atoms with Crippen molar-refractivity contribution >= 4 is 0 Å². The predicted molar refractivity (Wildman–Crippen MR) is 89.7 cm³/mol. The van der Waals surface area contributed by atoms with Crippen LogP contribution in [0.1, 0.15) is 62.6 Å². The lowest BCUT2D eigenvalue weighted by atomic mass is 9.84. The van der Waals surface area contributed by atoms with Crippen molar-refractivity contribution in [3.05, 3.63) is 35.4 Å². The van der Waals surface area contributed by atoms with Crippen LogP contribution in [0.2, 0.25) is 0 Å². The van der Waals surface area contributed by atoms with Crippen molar-refractivity contribution in [2.45, 2.75) is 57.5 Å². The van der Waals surface area contributed by atoms with Crippen LogP contribution in [-0.2, 0) is 0 Å². The average Bonchev–Trinajstić information content (AvgIpc) is 3.29. The summed E-state index contributed by atoms with van der Waals surface area (Å²) in [6, 6.07) is 10.8. The van der Waals surface area contributed by atoms with Gasteiger partial charge in [0.2, 0.25) is 0 Å². The third kappa shape index (κ3) is 3.67. The van der Waals surface area contributed by atoms with Gasteiger partial charge >= 0.3 is 0 Å². The van der Waals surface area contributed by atoms with E-state index in [4.69, 9.17) is 0 Å². The van der Waals surface area contributed by atoms with Gasteiger partial charge in [0.15, 0.2) is 0 Å². The maximum atomic E-state index is 3.75. The highest BCUT2D eigenvalue weighted by atomic mass is 15.1. The number of likely N-dealkylation sites (tertiary alicyclic amines) is 1. The molecule has 1 saturated carbocycles. The first kappa shape index (κ1) is 15.1. The topological polar surface area (TPSA) is 15.3 Å². The molecule has 0 spiro atoms. The van der Waals surface area contributed by atoms with Crippen LogP contribution in [0.5, 0.6) is 0 Å². The summed E-state index contributed by atoms with van der Waals surface area (Å²) in [5.41, 5.74) is 2.95. The molecule has 2 heteroatoms. The average molecular weight is 286 g/mol. The second kappa shape index (κ2) is 6.50. The zero-order valence-electron chi connectivity index (χ0n) is 13.8. The van der Waals surface area contributed by atoms with Crippen molar-refractivity contribution < 1.29 is 0 Å². The lowest BCUT2D eigenvalue weighted by Crippen LogP contribution is -2.40. The summed E-state index contributed by atoms with van der Waals surface area (Å²) in [6.45, 7) is 6.95. The van der Waals surface area contributed by atoms with E-state index in [2.05, 4.69) is 55.4 Å². The minimum Gasteiger partial charge on any atom is -0.314 e. The van der Waals surface area contributed by atoms with E-state index in [1.165, 1.54) is 49.9 Å². The SMILES string of the molecule is CC(C)c1ccc(C2C(CNC3CC3)CCCN2C)cc1. The summed E-state index contributed by atoms with van der Waals surface area (Å²) in [5, 5.41) is 3.75. The smallest absolute Gasteiger partial charge is 0.0385 e. The van der Waals surface area contributed by atoms with Gasteiger partial charge in [0.1, 0.15) is 0 Å². The van der Waals surface area contributed by atoms with Crippen molar-refractivity contribution in [1.29, 1.82) is 0 Å². The van der Waals surface area contributed by atoms with Gasteiger partial charge < -0.3 is 5.32 Å². The van der Waals surface area contributed by atoms with Crippen LogP contribution in [0.3, 0.4) is 0 Å². The van der Waals surface area contributed by atoms with E-state index in [1.807, 2.05) is 0 Å². The second-order valence-electron chi connectivity index (χ2n) is 7.33. The fraction of sp³-hybridized carbons (Fsp3) is 0.684. The van der Waals surface area contributed by atoms with Crippen LogP contribution in [0.15, 0.2) is 24.3 Å². The number of piperidine rings is 1. The number of rotatable bonds is 5. The van der Waals surface area contributed by atoms with Gasteiger partial charge in [-0.2, -0.15) is 0 Å². The molecular formula is C19H30N2. The highest BCUT2D eigenvalue weighted by molar-refractivity contribution is 5.27. The number of benzene rings is 1. The molecule has 1 N–H and O–H groups in total. The van der Waals surface area contributed by atoms with Gasteiger partial charge in [-0.25, -0.2) is 0 Å². The standard InChI is InChI=1S/C19H30N2/c1-14(2)15-6-8-16(9-7-15)19-17(5-4-12-21(19)3)13-20-18-10-11-18/h6-9,14,17-20H,4-5,10-13H2,1-3H3. The number of hydrogen-bond donors (Lipinski definition) is 1. The highest BCUT2D eigenvalue weighted by Gasteiger charge is 2.31. The minimum absolute atomic E-state index is 0.589. The van der Waals surface area contributed by atoms with Crippen molar-refractivity contribution in [3.63, 3.8) is 0 Å². The maximum Gasteiger partial charge on any atom is 0.0385 e. The monoisotopic (exact) mass is 286 g/mol. The Balaban J connectivity index is 1.73. The molecule has 1 aromatic carbocycles. The molecule has 21 heavy (non-hydrogen) atoms. The lowest BCUT2D eigenvalue weighted by molar-refractivity contribution is 0.119. The van der Waals surface area contributed by atoms with Crippen LogP contribution in [0, 0.1) is 5.92 Å². The molecule has 1 aliphatic carbocycles. The second-order valence-corrected chi connectivity index (χ2v) is 7.33. The third-order valence-electron chi connectivity index (χ3n) is 5.20. The van der Waals surface area contributed by atoms with Crippen LogP contribution in [0.4, 0.5) is 0 Å². The lowest BCUT2D eigenvalue weighted by Gasteiger charge is -2.40. The van der Waals surface area contributed by atoms with Crippen LogP contribution in [-0.4, -0.2) is 31.1 Å². The zero-order chi connectivity index (χ0) is 14.8. The molecule has 1 saturated heterocycles. The first-order chi connectivity index (χ1) is 10.1. The molecule has 1 aromatic rings. The molecule has 0 bridgehead atoms. The Labute approximate surface area is 129 Å². The van der Waals surface area contributed by atoms with Crippen LogP contribution in [0.25, 0.3) is 0 Å². The van der Waals surface area contributed by atoms with E-state index in [0.717, 1.165) is 12.0 Å². The Morgan fingerprint density at radius 2 is 1.86 bits per heavy atom. The van der Waals surface area contributed by atoms with E-state index < -0.39 is 0 Å². The Bertz CT molecular complexity index is 447. The Morgan fingerprint density at radius 3 is 2.48 bits per heavy atom. The molecule has 2 fully saturated rings. The van der Waals surface area contributed by atoms with Gasteiger partial charge in [0.25, 0.3) is 0 Å². The summed E-state index contributed by atoms with van der Waals surface area (Å²) in [7, 11) is 2.30. The van der Waals surface area contributed by atoms with Crippen LogP contribution >= 0.6 is 0 Å². The van der Waals surface area contributed by atoms with Gasteiger partial charge in [-0.1, -0.05) is 38.1 Å².